The van der Waals surface area contributed by atoms with E-state index in [0.717, 1.165) is 23.5 Å². The summed E-state index contributed by atoms with van der Waals surface area (Å²) in [5, 5.41) is 6.43. The maximum absolute atomic E-state index is 11.7. The summed E-state index contributed by atoms with van der Waals surface area (Å²) >= 11 is 0. The zero-order valence-corrected chi connectivity index (χ0v) is 19.8. The summed E-state index contributed by atoms with van der Waals surface area (Å²) in [5.74, 6) is 2.75. The zero-order chi connectivity index (χ0) is 19.4. The lowest BCUT2D eigenvalue weighted by Gasteiger charge is -2.16. The molecule has 0 spiro atoms. The maximum atomic E-state index is 11.7. The van der Waals surface area contributed by atoms with Crippen LogP contribution >= 0.6 is 24.0 Å². The predicted octanol–water partition coefficient (Wildman–Crippen LogP) is 2.27. The second kappa shape index (κ2) is 10.00. The van der Waals surface area contributed by atoms with Crippen molar-refractivity contribution in [1.29, 1.82) is 0 Å². The van der Waals surface area contributed by atoms with Crippen LogP contribution in [0.25, 0.3) is 0 Å². The molecule has 2 N–H and O–H groups in total. The lowest BCUT2D eigenvalue weighted by Crippen LogP contribution is -2.44. The molecule has 2 aliphatic heterocycles. The lowest BCUT2D eigenvalue weighted by molar-refractivity contribution is 0.254. The Bertz CT molecular complexity index is 814. The number of rotatable bonds is 6. The van der Waals surface area contributed by atoms with E-state index in [0.29, 0.717) is 32.1 Å². The minimum Gasteiger partial charge on any atom is -0.494 e. The SMILES string of the molecule is CCNC(=NCc1cc2c(cc1OCC)CC(C)O2)NC1CCS(=O)(=O)C1.I. The van der Waals surface area contributed by atoms with Crippen LogP contribution in [0, 0.1) is 0 Å². The number of halogens is 1. The standard InChI is InChI=1S/C19H29N3O4S.HI/c1-4-20-19(22-16-6-7-27(23,24)12-16)21-11-15-10-18-14(8-13(3)26-18)9-17(15)25-5-2;/h9-10,13,16H,4-8,11-12H2,1-3H3,(H2,20,21,22);1H. The Morgan fingerprint density at radius 3 is 2.79 bits per heavy atom. The monoisotopic (exact) mass is 523 g/mol. The molecule has 28 heavy (non-hydrogen) atoms. The number of aliphatic imine (C=N–C) groups is 1. The van der Waals surface area contributed by atoms with Crippen LogP contribution in [0.5, 0.6) is 11.5 Å². The number of guanidine groups is 1. The van der Waals surface area contributed by atoms with Gasteiger partial charge in [-0.25, -0.2) is 13.4 Å². The second-order valence-corrected chi connectivity index (χ2v) is 9.30. The highest BCUT2D eigenvalue weighted by atomic mass is 127. The highest BCUT2D eigenvalue weighted by molar-refractivity contribution is 14.0. The Hall–Kier alpha value is -1.23. The van der Waals surface area contributed by atoms with Gasteiger partial charge in [0.05, 0.1) is 24.7 Å². The van der Waals surface area contributed by atoms with Crippen LogP contribution in [0.4, 0.5) is 0 Å². The fraction of sp³-hybridized carbons (Fsp3) is 0.632. The normalized spacial score (nSPS) is 22.8. The van der Waals surface area contributed by atoms with Crippen LogP contribution in [0.1, 0.15) is 38.3 Å². The van der Waals surface area contributed by atoms with E-state index in [-0.39, 0.29) is 47.6 Å². The van der Waals surface area contributed by atoms with Gasteiger partial charge in [0, 0.05) is 30.1 Å². The van der Waals surface area contributed by atoms with Gasteiger partial charge in [-0.2, -0.15) is 0 Å². The molecule has 1 saturated heterocycles. The molecule has 0 saturated carbocycles. The van der Waals surface area contributed by atoms with Crippen LogP contribution < -0.4 is 20.1 Å². The van der Waals surface area contributed by atoms with E-state index in [9.17, 15) is 8.42 Å². The first-order valence-corrected chi connectivity index (χ1v) is 11.4. The Morgan fingerprint density at radius 2 is 2.14 bits per heavy atom. The van der Waals surface area contributed by atoms with Crippen molar-refractivity contribution >= 4 is 39.8 Å². The summed E-state index contributed by atoms with van der Waals surface area (Å²) in [6.45, 7) is 7.72. The summed E-state index contributed by atoms with van der Waals surface area (Å²) in [4.78, 5) is 4.65. The van der Waals surface area contributed by atoms with Gasteiger partial charge in [0.25, 0.3) is 0 Å². The van der Waals surface area contributed by atoms with Crippen molar-refractivity contribution in [2.24, 2.45) is 4.99 Å². The van der Waals surface area contributed by atoms with Gasteiger partial charge in [0.2, 0.25) is 0 Å². The molecule has 0 radical (unpaired) electrons. The number of benzene rings is 1. The van der Waals surface area contributed by atoms with Gasteiger partial charge in [-0.1, -0.05) is 0 Å². The molecule has 0 aliphatic carbocycles. The van der Waals surface area contributed by atoms with Crippen LogP contribution in [0.2, 0.25) is 0 Å². The van der Waals surface area contributed by atoms with Crippen LogP contribution in [-0.2, 0) is 22.8 Å². The lowest BCUT2D eigenvalue weighted by atomic mass is 10.1. The first-order chi connectivity index (χ1) is 12.9. The minimum atomic E-state index is -2.93. The van der Waals surface area contributed by atoms with Crippen LogP contribution in [0.15, 0.2) is 17.1 Å². The van der Waals surface area contributed by atoms with Crippen LogP contribution in [0.3, 0.4) is 0 Å². The van der Waals surface area contributed by atoms with Crippen molar-refractivity contribution in [2.45, 2.75) is 52.3 Å². The average Bonchev–Trinajstić information content (AvgIpc) is 3.13. The topological polar surface area (TPSA) is 89.0 Å². The molecule has 2 atom stereocenters. The number of hydrogen-bond acceptors (Lipinski definition) is 5. The number of sulfone groups is 1. The van der Waals surface area contributed by atoms with E-state index in [1.54, 1.807) is 0 Å². The minimum absolute atomic E-state index is 0. The molecule has 2 heterocycles. The first-order valence-electron chi connectivity index (χ1n) is 9.60. The van der Waals surface area contributed by atoms with E-state index in [1.165, 1.54) is 5.56 Å². The molecular formula is C19H30IN3O4S. The van der Waals surface area contributed by atoms with Gasteiger partial charge in [-0.15, -0.1) is 24.0 Å². The molecule has 1 aromatic carbocycles. The summed E-state index contributed by atoms with van der Waals surface area (Å²) in [5.41, 5.74) is 2.13. The number of fused-ring (bicyclic) bond motifs is 1. The molecule has 1 aromatic rings. The number of hydrogen-bond donors (Lipinski definition) is 2. The Labute approximate surface area is 184 Å². The highest BCUT2D eigenvalue weighted by Gasteiger charge is 2.28. The molecule has 0 amide bonds. The van der Waals surface area contributed by atoms with Gasteiger partial charge < -0.3 is 20.1 Å². The van der Waals surface area contributed by atoms with E-state index < -0.39 is 9.84 Å². The van der Waals surface area contributed by atoms with Gasteiger partial charge in [0.1, 0.15) is 17.6 Å². The number of nitrogens with one attached hydrogen (secondary N) is 2. The molecule has 7 nitrogen and oxygen atoms in total. The summed E-state index contributed by atoms with van der Waals surface area (Å²) in [6.07, 6.45) is 1.68. The Kier molecular flexibility index (Phi) is 8.23. The largest absolute Gasteiger partial charge is 0.494 e. The zero-order valence-electron chi connectivity index (χ0n) is 16.7. The summed E-state index contributed by atoms with van der Waals surface area (Å²) < 4.78 is 35.0. The number of ether oxygens (including phenoxy) is 2. The van der Waals surface area contributed by atoms with Gasteiger partial charge in [-0.05, 0) is 39.3 Å². The first kappa shape index (κ1) is 23.1. The van der Waals surface area contributed by atoms with Crippen molar-refractivity contribution in [3.63, 3.8) is 0 Å². The molecule has 158 valence electrons. The van der Waals surface area contributed by atoms with E-state index in [1.807, 2.05) is 19.9 Å². The molecule has 3 rings (SSSR count). The van der Waals surface area contributed by atoms with E-state index in [4.69, 9.17) is 9.47 Å². The fourth-order valence-corrected chi connectivity index (χ4v) is 5.15. The fourth-order valence-electron chi connectivity index (χ4n) is 3.48. The molecule has 0 bridgehead atoms. The van der Waals surface area contributed by atoms with Crippen molar-refractivity contribution < 1.29 is 17.9 Å². The second-order valence-electron chi connectivity index (χ2n) is 7.07. The van der Waals surface area contributed by atoms with Gasteiger partial charge in [0.15, 0.2) is 15.8 Å². The molecular weight excluding hydrogens is 493 g/mol. The molecule has 9 heteroatoms. The van der Waals surface area contributed by atoms with Crippen molar-refractivity contribution in [1.82, 2.24) is 10.6 Å². The molecule has 2 aliphatic rings. The molecule has 2 unspecified atom stereocenters. The third-order valence-electron chi connectivity index (χ3n) is 4.70. The Morgan fingerprint density at radius 1 is 1.36 bits per heavy atom. The summed E-state index contributed by atoms with van der Waals surface area (Å²) in [7, 11) is -2.93. The average molecular weight is 523 g/mol. The number of nitrogens with zero attached hydrogens (tertiary/aromatic N) is 1. The quantitative estimate of drug-likeness (QED) is 0.338. The van der Waals surface area contributed by atoms with Gasteiger partial charge >= 0.3 is 0 Å². The van der Waals surface area contributed by atoms with E-state index in [2.05, 4.69) is 28.6 Å². The molecule has 1 fully saturated rings. The van der Waals surface area contributed by atoms with Crippen molar-refractivity contribution in [3.8, 4) is 11.5 Å². The Balaban J connectivity index is 0.00000280. The third kappa shape index (κ3) is 5.88. The smallest absolute Gasteiger partial charge is 0.191 e. The van der Waals surface area contributed by atoms with Gasteiger partial charge in [-0.3, -0.25) is 0 Å². The third-order valence-corrected chi connectivity index (χ3v) is 6.47. The van der Waals surface area contributed by atoms with Crippen molar-refractivity contribution in [3.05, 3.63) is 23.3 Å². The summed E-state index contributed by atoms with van der Waals surface area (Å²) in [6, 6.07) is 3.97. The van der Waals surface area contributed by atoms with Crippen molar-refractivity contribution in [2.75, 3.05) is 24.7 Å². The maximum Gasteiger partial charge on any atom is 0.191 e. The van der Waals surface area contributed by atoms with Crippen LogP contribution in [-0.4, -0.2) is 51.2 Å². The predicted molar refractivity (Wildman–Crippen MR) is 122 cm³/mol. The molecule has 0 aromatic heterocycles. The highest BCUT2D eigenvalue weighted by Crippen LogP contribution is 2.35. The van der Waals surface area contributed by atoms with E-state index >= 15 is 0 Å².